The summed E-state index contributed by atoms with van der Waals surface area (Å²) < 4.78 is 0. The van der Waals surface area contributed by atoms with Gasteiger partial charge >= 0.3 is 0 Å². The van der Waals surface area contributed by atoms with E-state index in [1.54, 1.807) is 6.07 Å². The van der Waals surface area contributed by atoms with Crippen molar-refractivity contribution in [2.45, 2.75) is 19.5 Å². The van der Waals surface area contributed by atoms with E-state index in [0.717, 1.165) is 5.56 Å². The standard InChI is InChI=1S/C15H16ClNO3/c1-9(11-4-2-3-5-12(11)16)17-8-10-6-7-13(18)15(20)14(10)19/h2-7,9,17-20H,8H2,1H3/t9-/m0/s1. The molecule has 0 spiro atoms. The van der Waals surface area contributed by atoms with Crippen molar-refractivity contribution < 1.29 is 15.3 Å². The van der Waals surface area contributed by atoms with Gasteiger partial charge < -0.3 is 20.6 Å². The molecule has 20 heavy (non-hydrogen) atoms. The van der Waals surface area contributed by atoms with Gasteiger partial charge in [0.15, 0.2) is 11.5 Å². The van der Waals surface area contributed by atoms with Crippen LogP contribution in [-0.2, 0) is 6.54 Å². The lowest BCUT2D eigenvalue weighted by molar-refractivity contribution is 0.363. The number of nitrogens with one attached hydrogen (secondary N) is 1. The summed E-state index contributed by atoms with van der Waals surface area (Å²) in [6.45, 7) is 2.30. The molecule has 4 nitrogen and oxygen atoms in total. The lowest BCUT2D eigenvalue weighted by Gasteiger charge is -2.16. The third kappa shape index (κ3) is 2.98. The molecule has 0 saturated carbocycles. The molecule has 0 radical (unpaired) electrons. The molecule has 0 unspecified atom stereocenters. The van der Waals surface area contributed by atoms with Crippen molar-refractivity contribution in [2.75, 3.05) is 0 Å². The van der Waals surface area contributed by atoms with Crippen molar-refractivity contribution in [3.63, 3.8) is 0 Å². The molecular weight excluding hydrogens is 278 g/mol. The summed E-state index contributed by atoms with van der Waals surface area (Å²) in [5.74, 6) is -1.16. The van der Waals surface area contributed by atoms with Crippen LogP contribution in [-0.4, -0.2) is 15.3 Å². The van der Waals surface area contributed by atoms with E-state index in [2.05, 4.69) is 5.32 Å². The van der Waals surface area contributed by atoms with Gasteiger partial charge in [0.25, 0.3) is 0 Å². The maximum Gasteiger partial charge on any atom is 0.200 e. The molecule has 0 amide bonds. The summed E-state index contributed by atoms with van der Waals surface area (Å²) in [5.41, 5.74) is 1.45. The quantitative estimate of drug-likeness (QED) is 0.653. The first-order chi connectivity index (χ1) is 9.50. The largest absolute Gasteiger partial charge is 0.504 e. The lowest BCUT2D eigenvalue weighted by Crippen LogP contribution is -2.18. The minimum Gasteiger partial charge on any atom is -0.504 e. The first-order valence-corrected chi connectivity index (χ1v) is 6.59. The average molecular weight is 294 g/mol. The Bertz CT molecular complexity index is 616. The van der Waals surface area contributed by atoms with Crippen LogP contribution in [0.25, 0.3) is 0 Å². The molecule has 0 bridgehead atoms. The van der Waals surface area contributed by atoms with Gasteiger partial charge in [-0.25, -0.2) is 0 Å². The van der Waals surface area contributed by atoms with Gasteiger partial charge in [0, 0.05) is 23.2 Å². The number of benzene rings is 2. The molecule has 0 saturated heterocycles. The Balaban J connectivity index is 2.10. The fourth-order valence-electron chi connectivity index (χ4n) is 1.95. The van der Waals surface area contributed by atoms with Gasteiger partial charge in [0.05, 0.1) is 0 Å². The Morgan fingerprint density at radius 1 is 1.05 bits per heavy atom. The summed E-state index contributed by atoms with van der Waals surface area (Å²) in [7, 11) is 0. The second kappa shape index (κ2) is 6.03. The maximum atomic E-state index is 9.74. The first-order valence-electron chi connectivity index (χ1n) is 6.21. The number of hydrogen-bond donors (Lipinski definition) is 4. The van der Waals surface area contributed by atoms with Gasteiger partial charge in [0.1, 0.15) is 0 Å². The monoisotopic (exact) mass is 293 g/mol. The Morgan fingerprint density at radius 3 is 2.45 bits per heavy atom. The molecule has 0 aliphatic rings. The van der Waals surface area contributed by atoms with Crippen LogP contribution < -0.4 is 5.32 Å². The molecule has 0 fully saturated rings. The predicted molar refractivity (Wildman–Crippen MR) is 78.1 cm³/mol. The Hall–Kier alpha value is -1.91. The van der Waals surface area contributed by atoms with Crippen LogP contribution in [0, 0.1) is 0 Å². The van der Waals surface area contributed by atoms with Crippen LogP contribution >= 0.6 is 11.6 Å². The minimum atomic E-state index is -0.505. The van der Waals surface area contributed by atoms with E-state index < -0.39 is 5.75 Å². The molecule has 5 heteroatoms. The third-order valence-electron chi connectivity index (χ3n) is 3.18. The van der Waals surface area contributed by atoms with Gasteiger partial charge in [0.2, 0.25) is 5.75 Å². The molecular formula is C15H16ClNO3. The topological polar surface area (TPSA) is 72.7 Å². The molecule has 0 heterocycles. The van der Waals surface area contributed by atoms with Gasteiger partial charge in [-0.3, -0.25) is 0 Å². The molecule has 4 N–H and O–H groups in total. The second-order valence-corrected chi connectivity index (χ2v) is 4.97. The zero-order valence-corrected chi connectivity index (χ0v) is 11.7. The van der Waals surface area contributed by atoms with Crippen LogP contribution in [0.4, 0.5) is 0 Å². The van der Waals surface area contributed by atoms with Gasteiger partial charge in [-0.2, -0.15) is 0 Å². The summed E-state index contributed by atoms with van der Waals surface area (Å²) in [6, 6.07) is 10.4. The maximum absolute atomic E-state index is 9.74. The molecule has 0 aliphatic heterocycles. The van der Waals surface area contributed by atoms with Crippen molar-refractivity contribution in [3.05, 3.63) is 52.5 Å². The summed E-state index contributed by atoms with van der Waals surface area (Å²) in [4.78, 5) is 0. The van der Waals surface area contributed by atoms with Gasteiger partial charge in [-0.05, 0) is 24.6 Å². The molecule has 0 aliphatic carbocycles. The molecule has 1 atom stereocenters. The molecule has 106 valence electrons. The lowest BCUT2D eigenvalue weighted by atomic mass is 10.1. The van der Waals surface area contributed by atoms with E-state index in [-0.39, 0.29) is 17.5 Å². The number of aromatic hydroxyl groups is 3. The highest BCUT2D eigenvalue weighted by Gasteiger charge is 2.13. The fourth-order valence-corrected chi connectivity index (χ4v) is 2.25. The van der Waals surface area contributed by atoms with E-state index in [9.17, 15) is 15.3 Å². The molecule has 2 aromatic rings. The number of rotatable bonds is 4. The Kier molecular flexibility index (Phi) is 4.37. The third-order valence-corrected chi connectivity index (χ3v) is 3.53. The molecule has 2 aromatic carbocycles. The van der Waals surface area contributed by atoms with Crippen LogP contribution in [0.5, 0.6) is 17.2 Å². The van der Waals surface area contributed by atoms with Crippen molar-refractivity contribution in [1.82, 2.24) is 5.32 Å². The predicted octanol–water partition coefficient (Wildman–Crippen LogP) is 3.31. The normalized spacial score (nSPS) is 12.3. The molecule has 2 rings (SSSR count). The van der Waals surface area contributed by atoms with Crippen LogP contribution in [0.1, 0.15) is 24.1 Å². The zero-order valence-electron chi connectivity index (χ0n) is 11.0. The highest BCUT2D eigenvalue weighted by atomic mass is 35.5. The number of halogens is 1. The zero-order chi connectivity index (χ0) is 14.7. The van der Waals surface area contributed by atoms with E-state index in [1.165, 1.54) is 6.07 Å². The average Bonchev–Trinajstić information content (AvgIpc) is 2.44. The van der Waals surface area contributed by atoms with E-state index in [4.69, 9.17) is 11.6 Å². The first kappa shape index (κ1) is 14.5. The summed E-state index contributed by atoms with van der Waals surface area (Å²) in [6.07, 6.45) is 0. The number of hydrogen-bond acceptors (Lipinski definition) is 4. The van der Waals surface area contributed by atoms with E-state index >= 15 is 0 Å². The number of phenolic OH excluding ortho intramolecular Hbond substituents is 3. The fraction of sp³-hybridized carbons (Fsp3) is 0.200. The van der Waals surface area contributed by atoms with E-state index in [1.807, 2.05) is 31.2 Å². The SMILES string of the molecule is C[C@H](NCc1ccc(O)c(O)c1O)c1ccccc1Cl. The van der Waals surface area contributed by atoms with Crippen LogP contribution in [0.2, 0.25) is 5.02 Å². The Morgan fingerprint density at radius 2 is 1.75 bits per heavy atom. The van der Waals surface area contributed by atoms with Gasteiger partial charge in [-0.15, -0.1) is 0 Å². The van der Waals surface area contributed by atoms with Crippen molar-refractivity contribution in [2.24, 2.45) is 0 Å². The van der Waals surface area contributed by atoms with Crippen molar-refractivity contribution >= 4 is 11.6 Å². The van der Waals surface area contributed by atoms with Crippen molar-refractivity contribution in [3.8, 4) is 17.2 Å². The van der Waals surface area contributed by atoms with Crippen molar-refractivity contribution in [1.29, 1.82) is 0 Å². The van der Waals surface area contributed by atoms with Crippen LogP contribution in [0.3, 0.4) is 0 Å². The smallest absolute Gasteiger partial charge is 0.200 e. The van der Waals surface area contributed by atoms with Crippen LogP contribution in [0.15, 0.2) is 36.4 Å². The van der Waals surface area contributed by atoms with E-state index in [0.29, 0.717) is 17.1 Å². The minimum absolute atomic E-state index is 0.0148. The summed E-state index contributed by atoms with van der Waals surface area (Å²) in [5, 5.41) is 32.4. The number of phenols is 3. The second-order valence-electron chi connectivity index (χ2n) is 4.57. The van der Waals surface area contributed by atoms with Gasteiger partial charge in [-0.1, -0.05) is 35.9 Å². The molecule has 0 aromatic heterocycles. The Labute approximate surface area is 122 Å². The highest BCUT2D eigenvalue weighted by molar-refractivity contribution is 6.31. The highest BCUT2D eigenvalue weighted by Crippen LogP contribution is 2.37. The summed E-state index contributed by atoms with van der Waals surface area (Å²) >= 11 is 6.12.